The van der Waals surface area contributed by atoms with E-state index in [2.05, 4.69) is 4.90 Å². The summed E-state index contributed by atoms with van der Waals surface area (Å²) >= 11 is 0. The van der Waals surface area contributed by atoms with Gasteiger partial charge < -0.3 is 20.1 Å². The van der Waals surface area contributed by atoms with Crippen LogP contribution in [0, 0.1) is 0 Å². The standard InChI is InChI=1S/C19H21NO4/c1-24-18-3-2-11-7-16-14-8-17(22)13(10-21)6-12(14)4-5-20(16)9-15(11)19(18)23/h2-3,6,8,16,21-23H,4-5,7,9-10H2,1H3/t16-/m0/s1. The molecule has 5 nitrogen and oxygen atoms in total. The number of ether oxygens (including phenoxy) is 1. The second kappa shape index (κ2) is 5.69. The Morgan fingerprint density at radius 2 is 2.04 bits per heavy atom. The van der Waals surface area contributed by atoms with Crippen LogP contribution in [0.3, 0.4) is 0 Å². The van der Waals surface area contributed by atoms with Crippen molar-refractivity contribution in [3.8, 4) is 17.2 Å². The molecule has 4 rings (SSSR count). The van der Waals surface area contributed by atoms with Gasteiger partial charge in [0.15, 0.2) is 11.5 Å². The van der Waals surface area contributed by atoms with Crippen LogP contribution in [0.25, 0.3) is 0 Å². The highest BCUT2D eigenvalue weighted by molar-refractivity contribution is 5.53. The number of methoxy groups -OCH3 is 1. The predicted molar refractivity (Wildman–Crippen MR) is 89.2 cm³/mol. The summed E-state index contributed by atoms with van der Waals surface area (Å²) in [5.74, 6) is 0.897. The molecule has 0 saturated carbocycles. The molecule has 2 aliphatic rings. The van der Waals surface area contributed by atoms with Crippen LogP contribution in [0.5, 0.6) is 17.2 Å². The van der Waals surface area contributed by atoms with Gasteiger partial charge >= 0.3 is 0 Å². The van der Waals surface area contributed by atoms with Gasteiger partial charge in [0.05, 0.1) is 13.7 Å². The molecule has 0 unspecified atom stereocenters. The lowest BCUT2D eigenvalue weighted by atomic mass is 9.83. The summed E-state index contributed by atoms with van der Waals surface area (Å²) < 4.78 is 5.22. The molecule has 0 aliphatic carbocycles. The van der Waals surface area contributed by atoms with Crippen molar-refractivity contribution >= 4 is 0 Å². The number of phenolic OH excluding ortho intramolecular Hbond substituents is 1. The summed E-state index contributed by atoms with van der Waals surface area (Å²) in [5.41, 5.74) is 4.95. The van der Waals surface area contributed by atoms with Gasteiger partial charge in [0, 0.05) is 30.3 Å². The molecule has 0 aromatic heterocycles. The van der Waals surface area contributed by atoms with Gasteiger partial charge in [-0.25, -0.2) is 0 Å². The van der Waals surface area contributed by atoms with Gasteiger partial charge in [0.2, 0.25) is 0 Å². The van der Waals surface area contributed by atoms with Crippen molar-refractivity contribution in [1.29, 1.82) is 0 Å². The first-order valence-electron chi connectivity index (χ1n) is 8.19. The lowest BCUT2D eigenvalue weighted by molar-refractivity contribution is 0.157. The first kappa shape index (κ1) is 15.3. The minimum absolute atomic E-state index is 0.149. The number of aliphatic hydroxyl groups excluding tert-OH is 1. The Kier molecular flexibility index (Phi) is 3.62. The van der Waals surface area contributed by atoms with E-state index in [0.717, 1.165) is 36.1 Å². The maximum absolute atomic E-state index is 10.4. The fourth-order valence-corrected chi connectivity index (χ4v) is 4.00. The molecular weight excluding hydrogens is 306 g/mol. The van der Waals surface area contributed by atoms with E-state index < -0.39 is 0 Å². The quantitative estimate of drug-likeness (QED) is 0.789. The maximum atomic E-state index is 10.4. The minimum atomic E-state index is -0.149. The Bertz CT molecular complexity index is 802. The number of benzene rings is 2. The Morgan fingerprint density at radius 1 is 1.21 bits per heavy atom. The molecule has 2 heterocycles. The van der Waals surface area contributed by atoms with E-state index in [-0.39, 0.29) is 24.1 Å². The van der Waals surface area contributed by atoms with Crippen molar-refractivity contribution < 1.29 is 20.1 Å². The number of nitrogens with zero attached hydrogens (tertiary/aromatic N) is 1. The number of hydrogen-bond donors (Lipinski definition) is 3. The highest BCUT2D eigenvalue weighted by atomic mass is 16.5. The maximum Gasteiger partial charge on any atom is 0.162 e. The first-order valence-corrected chi connectivity index (χ1v) is 8.19. The molecule has 0 saturated heterocycles. The minimum Gasteiger partial charge on any atom is -0.508 e. The molecule has 2 aromatic rings. The van der Waals surface area contributed by atoms with Crippen LogP contribution in [0.2, 0.25) is 0 Å². The Labute approximate surface area is 140 Å². The summed E-state index contributed by atoms with van der Waals surface area (Å²) in [4.78, 5) is 2.34. The normalized spacial score (nSPS) is 19.3. The van der Waals surface area contributed by atoms with Gasteiger partial charge in [-0.15, -0.1) is 0 Å². The van der Waals surface area contributed by atoms with Crippen molar-refractivity contribution in [2.75, 3.05) is 13.7 Å². The fourth-order valence-electron chi connectivity index (χ4n) is 4.00. The average Bonchev–Trinajstić information content (AvgIpc) is 2.60. The molecule has 0 fully saturated rings. The third kappa shape index (κ3) is 2.24. The first-order chi connectivity index (χ1) is 11.6. The highest BCUT2D eigenvalue weighted by Gasteiger charge is 2.34. The van der Waals surface area contributed by atoms with Crippen LogP contribution >= 0.6 is 0 Å². The van der Waals surface area contributed by atoms with Crippen LogP contribution in [0.15, 0.2) is 24.3 Å². The monoisotopic (exact) mass is 327 g/mol. The van der Waals surface area contributed by atoms with Crippen LogP contribution < -0.4 is 4.74 Å². The van der Waals surface area contributed by atoms with E-state index in [0.29, 0.717) is 17.9 Å². The van der Waals surface area contributed by atoms with Crippen LogP contribution in [-0.4, -0.2) is 33.9 Å². The van der Waals surface area contributed by atoms with Gasteiger partial charge in [-0.05, 0) is 47.7 Å². The summed E-state index contributed by atoms with van der Waals surface area (Å²) in [7, 11) is 1.56. The third-order valence-corrected chi connectivity index (χ3v) is 5.32. The fraction of sp³-hybridized carbons (Fsp3) is 0.368. The number of phenols is 2. The summed E-state index contributed by atoms with van der Waals surface area (Å²) in [6, 6.07) is 7.73. The lowest BCUT2D eigenvalue weighted by Gasteiger charge is -2.41. The molecule has 3 N–H and O–H groups in total. The number of rotatable bonds is 2. The van der Waals surface area contributed by atoms with Crippen molar-refractivity contribution in [3.05, 3.63) is 52.1 Å². The molecule has 2 aromatic carbocycles. The second-order valence-corrected chi connectivity index (χ2v) is 6.53. The van der Waals surface area contributed by atoms with Crippen LogP contribution in [0.1, 0.15) is 33.9 Å². The average molecular weight is 327 g/mol. The molecule has 0 bridgehead atoms. The molecule has 0 radical (unpaired) electrons. The van der Waals surface area contributed by atoms with E-state index in [4.69, 9.17) is 4.74 Å². The Hall–Kier alpha value is -2.24. The van der Waals surface area contributed by atoms with Crippen molar-refractivity contribution in [2.45, 2.75) is 32.0 Å². The van der Waals surface area contributed by atoms with Crippen LogP contribution in [0.4, 0.5) is 0 Å². The smallest absolute Gasteiger partial charge is 0.162 e. The Balaban J connectivity index is 1.76. The summed E-state index contributed by atoms with van der Waals surface area (Å²) in [6.45, 7) is 1.42. The van der Waals surface area contributed by atoms with Gasteiger partial charge in [0.25, 0.3) is 0 Å². The van der Waals surface area contributed by atoms with E-state index in [1.54, 1.807) is 19.2 Å². The predicted octanol–water partition coefficient (Wildman–Crippen LogP) is 2.25. The summed E-state index contributed by atoms with van der Waals surface area (Å²) in [5, 5.41) is 29.9. The van der Waals surface area contributed by atoms with E-state index in [9.17, 15) is 15.3 Å². The molecule has 0 spiro atoms. The van der Waals surface area contributed by atoms with Gasteiger partial charge in [-0.3, -0.25) is 4.90 Å². The van der Waals surface area contributed by atoms with E-state index in [1.165, 1.54) is 5.56 Å². The topological polar surface area (TPSA) is 73.2 Å². The molecule has 126 valence electrons. The zero-order chi connectivity index (χ0) is 16.8. The Morgan fingerprint density at radius 3 is 2.79 bits per heavy atom. The van der Waals surface area contributed by atoms with Gasteiger partial charge in [-0.1, -0.05) is 6.07 Å². The third-order valence-electron chi connectivity index (χ3n) is 5.32. The summed E-state index contributed by atoms with van der Waals surface area (Å²) in [6.07, 6.45) is 1.66. The molecule has 2 aliphatic heterocycles. The zero-order valence-corrected chi connectivity index (χ0v) is 13.6. The zero-order valence-electron chi connectivity index (χ0n) is 13.6. The SMILES string of the molecule is COc1ccc2c(c1O)CN1CCc3cc(CO)c(O)cc3[C@@H]1C2. The molecule has 24 heavy (non-hydrogen) atoms. The van der Waals surface area contributed by atoms with Gasteiger partial charge in [-0.2, -0.15) is 0 Å². The van der Waals surface area contributed by atoms with Gasteiger partial charge in [0.1, 0.15) is 5.75 Å². The molecule has 5 heteroatoms. The molecular formula is C19H21NO4. The number of fused-ring (bicyclic) bond motifs is 4. The number of hydrogen-bond acceptors (Lipinski definition) is 5. The van der Waals surface area contributed by atoms with Crippen molar-refractivity contribution in [2.24, 2.45) is 0 Å². The van der Waals surface area contributed by atoms with Crippen molar-refractivity contribution in [3.63, 3.8) is 0 Å². The van der Waals surface area contributed by atoms with E-state index in [1.807, 2.05) is 12.1 Å². The second-order valence-electron chi connectivity index (χ2n) is 6.53. The molecule has 1 atom stereocenters. The van der Waals surface area contributed by atoms with Crippen LogP contribution in [-0.2, 0) is 26.0 Å². The highest BCUT2D eigenvalue weighted by Crippen LogP contribution is 2.44. The lowest BCUT2D eigenvalue weighted by Crippen LogP contribution is -2.39. The largest absolute Gasteiger partial charge is 0.508 e. The van der Waals surface area contributed by atoms with E-state index >= 15 is 0 Å². The molecule has 0 amide bonds. The van der Waals surface area contributed by atoms with Crippen molar-refractivity contribution in [1.82, 2.24) is 4.90 Å². The number of aromatic hydroxyl groups is 2. The number of aliphatic hydroxyl groups is 1.